The molecule has 0 aliphatic heterocycles. The summed E-state index contributed by atoms with van der Waals surface area (Å²) in [7, 11) is 0. The number of aliphatic hydroxyl groups excluding tert-OH is 1. The van der Waals surface area contributed by atoms with Gasteiger partial charge in [0.15, 0.2) is 0 Å². The molecule has 6 nitrogen and oxygen atoms in total. The fourth-order valence-corrected chi connectivity index (χ4v) is 1.36. The van der Waals surface area contributed by atoms with E-state index in [1.807, 2.05) is 6.92 Å². The molecule has 0 radical (unpaired) electrons. The maximum Gasteiger partial charge on any atom is 0.233 e. The summed E-state index contributed by atoms with van der Waals surface area (Å²) in [5, 5.41) is 15.1. The Morgan fingerprint density at radius 2 is 1.95 bits per heavy atom. The monoisotopic (exact) mass is 276 g/mol. The van der Waals surface area contributed by atoms with Gasteiger partial charge in [0.2, 0.25) is 5.91 Å². The van der Waals surface area contributed by atoms with Crippen molar-refractivity contribution in [3.05, 3.63) is 0 Å². The fraction of sp³-hybridized carbons (Fsp3) is 0.923. The Bertz CT molecular complexity index is 215. The molecule has 1 amide bonds. The molecule has 114 valence electrons. The average Bonchev–Trinajstić information content (AvgIpc) is 2.38. The summed E-state index contributed by atoms with van der Waals surface area (Å²) in [4.78, 5) is 11.1. The molecule has 0 aromatic heterocycles. The van der Waals surface area contributed by atoms with Crippen LogP contribution in [-0.4, -0.2) is 63.2 Å². The van der Waals surface area contributed by atoms with Gasteiger partial charge in [-0.05, 0) is 13.3 Å². The molecule has 0 aromatic rings. The Hall–Kier alpha value is -0.690. The van der Waals surface area contributed by atoms with Gasteiger partial charge in [-0.25, -0.2) is 0 Å². The summed E-state index contributed by atoms with van der Waals surface area (Å²) in [6, 6.07) is 0. The van der Waals surface area contributed by atoms with Crippen molar-refractivity contribution in [1.82, 2.24) is 10.6 Å². The van der Waals surface area contributed by atoms with Crippen LogP contribution in [0, 0.1) is 0 Å². The fourth-order valence-electron chi connectivity index (χ4n) is 1.36. The van der Waals surface area contributed by atoms with Gasteiger partial charge in [-0.2, -0.15) is 0 Å². The maximum atomic E-state index is 11.1. The largest absolute Gasteiger partial charge is 0.389 e. The second-order valence-electron chi connectivity index (χ2n) is 4.28. The van der Waals surface area contributed by atoms with Gasteiger partial charge in [0.25, 0.3) is 0 Å². The van der Waals surface area contributed by atoms with Crippen LogP contribution in [0.1, 0.15) is 26.7 Å². The third-order valence-corrected chi connectivity index (χ3v) is 2.36. The van der Waals surface area contributed by atoms with Crippen molar-refractivity contribution in [3.8, 4) is 0 Å². The molecule has 19 heavy (non-hydrogen) atoms. The lowest BCUT2D eigenvalue weighted by Crippen LogP contribution is -2.38. The van der Waals surface area contributed by atoms with Gasteiger partial charge in [0, 0.05) is 19.7 Å². The van der Waals surface area contributed by atoms with Gasteiger partial charge < -0.3 is 25.2 Å². The minimum absolute atomic E-state index is 0.0695. The Morgan fingerprint density at radius 1 is 1.21 bits per heavy atom. The van der Waals surface area contributed by atoms with E-state index in [1.54, 1.807) is 0 Å². The molecule has 0 spiro atoms. The minimum atomic E-state index is -0.606. The molecule has 0 aliphatic carbocycles. The molecule has 0 saturated carbocycles. The third kappa shape index (κ3) is 13.5. The highest BCUT2D eigenvalue weighted by molar-refractivity contribution is 5.77. The lowest BCUT2D eigenvalue weighted by Gasteiger charge is -2.12. The van der Waals surface area contributed by atoms with E-state index in [2.05, 4.69) is 17.6 Å². The molecule has 0 rings (SSSR count). The molecular weight excluding hydrogens is 248 g/mol. The van der Waals surface area contributed by atoms with Crippen LogP contribution in [0.3, 0.4) is 0 Å². The first-order valence-electron chi connectivity index (χ1n) is 7.01. The van der Waals surface area contributed by atoms with Crippen molar-refractivity contribution in [2.75, 3.05) is 46.1 Å². The highest BCUT2D eigenvalue weighted by atomic mass is 16.5. The molecule has 0 saturated heterocycles. The van der Waals surface area contributed by atoms with Gasteiger partial charge in [-0.3, -0.25) is 4.79 Å². The van der Waals surface area contributed by atoms with Gasteiger partial charge in [-0.1, -0.05) is 13.3 Å². The number of aliphatic hydroxyl groups is 1. The molecule has 6 heteroatoms. The number of hydrogen-bond acceptors (Lipinski definition) is 5. The van der Waals surface area contributed by atoms with E-state index >= 15 is 0 Å². The topological polar surface area (TPSA) is 79.8 Å². The summed E-state index contributed by atoms with van der Waals surface area (Å²) in [6.45, 7) is 7.20. The zero-order chi connectivity index (χ0) is 14.3. The summed E-state index contributed by atoms with van der Waals surface area (Å²) >= 11 is 0. The van der Waals surface area contributed by atoms with Crippen molar-refractivity contribution in [2.45, 2.75) is 32.8 Å². The van der Waals surface area contributed by atoms with Crippen molar-refractivity contribution in [3.63, 3.8) is 0 Å². The number of carbonyl (C=O) groups excluding carboxylic acids is 1. The van der Waals surface area contributed by atoms with Crippen LogP contribution in [0.2, 0.25) is 0 Å². The summed E-state index contributed by atoms with van der Waals surface area (Å²) < 4.78 is 10.6. The molecule has 0 fully saturated rings. The van der Waals surface area contributed by atoms with Crippen LogP contribution in [0.5, 0.6) is 0 Å². The van der Waals surface area contributed by atoms with E-state index in [1.165, 1.54) is 0 Å². The Balaban J connectivity index is 3.25. The minimum Gasteiger partial charge on any atom is -0.389 e. The van der Waals surface area contributed by atoms with E-state index in [0.717, 1.165) is 19.4 Å². The lowest BCUT2D eigenvalue weighted by molar-refractivity contribution is -0.120. The van der Waals surface area contributed by atoms with Gasteiger partial charge >= 0.3 is 0 Å². The first kappa shape index (κ1) is 18.3. The number of rotatable bonds is 13. The predicted octanol–water partition coefficient (Wildman–Crippen LogP) is -0.0937. The van der Waals surface area contributed by atoms with E-state index in [9.17, 15) is 9.90 Å². The first-order chi connectivity index (χ1) is 9.20. The van der Waals surface area contributed by atoms with E-state index in [-0.39, 0.29) is 19.1 Å². The number of hydrogen-bond donors (Lipinski definition) is 3. The van der Waals surface area contributed by atoms with Crippen LogP contribution in [0.4, 0.5) is 0 Å². The highest BCUT2D eigenvalue weighted by Gasteiger charge is 2.05. The van der Waals surface area contributed by atoms with E-state index in [4.69, 9.17) is 9.47 Å². The molecular formula is C13H28N2O4. The Kier molecular flexibility index (Phi) is 13.2. The standard InChI is InChI=1S/C13H28N2O4/c1-3-5-6-18-7-8-19-11-12(16)9-14-10-13(17)15-4-2/h12,14,16H,3-11H2,1-2H3,(H,15,17). The smallest absolute Gasteiger partial charge is 0.233 e. The van der Waals surface area contributed by atoms with Crippen LogP contribution >= 0.6 is 0 Å². The molecule has 1 atom stereocenters. The van der Waals surface area contributed by atoms with Crippen molar-refractivity contribution >= 4 is 5.91 Å². The summed E-state index contributed by atoms with van der Waals surface area (Å²) in [5.74, 6) is -0.0695. The quantitative estimate of drug-likeness (QED) is 0.410. The van der Waals surface area contributed by atoms with E-state index in [0.29, 0.717) is 26.3 Å². The second-order valence-corrected chi connectivity index (χ2v) is 4.28. The number of ether oxygens (including phenoxy) is 2. The van der Waals surface area contributed by atoms with E-state index < -0.39 is 6.10 Å². The molecule has 0 aromatic carbocycles. The Morgan fingerprint density at radius 3 is 2.63 bits per heavy atom. The molecule has 1 unspecified atom stereocenters. The number of nitrogens with one attached hydrogen (secondary N) is 2. The van der Waals surface area contributed by atoms with Crippen molar-refractivity contribution in [2.24, 2.45) is 0 Å². The zero-order valence-electron chi connectivity index (χ0n) is 12.1. The lowest BCUT2D eigenvalue weighted by atomic mass is 10.3. The van der Waals surface area contributed by atoms with Crippen LogP contribution < -0.4 is 10.6 Å². The van der Waals surface area contributed by atoms with Gasteiger partial charge in [-0.15, -0.1) is 0 Å². The number of unbranched alkanes of at least 4 members (excludes halogenated alkanes) is 1. The van der Waals surface area contributed by atoms with Crippen LogP contribution in [0.25, 0.3) is 0 Å². The number of likely N-dealkylation sites (N-methyl/N-ethyl adjacent to an activating group) is 1. The van der Waals surface area contributed by atoms with Crippen molar-refractivity contribution < 1.29 is 19.4 Å². The first-order valence-corrected chi connectivity index (χ1v) is 7.01. The molecule has 3 N–H and O–H groups in total. The molecule has 0 bridgehead atoms. The zero-order valence-corrected chi connectivity index (χ0v) is 12.1. The van der Waals surface area contributed by atoms with Crippen molar-refractivity contribution in [1.29, 1.82) is 0 Å². The van der Waals surface area contributed by atoms with Crippen LogP contribution in [-0.2, 0) is 14.3 Å². The predicted molar refractivity (Wildman–Crippen MR) is 74.1 cm³/mol. The SMILES string of the molecule is CCCCOCCOCC(O)CNCC(=O)NCC. The number of amides is 1. The molecule has 0 aliphatic rings. The summed E-state index contributed by atoms with van der Waals surface area (Å²) in [6.07, 6.45) is 1.58. The third-order valence-electron chi connectivity index (χ3n) is 2.36. The Labute approximate surface area is 115 Å². The van der Waals surface area contributed by atoms with Gasteiger partial charge in [0.1, 0.15) is 0 Å². The second kappa shape index (κ2) is 13.7. The number of carbonyl (C=O) groups is 1. The highest BCUT2D eigenvalue weighted by Crippen LogP contribution is 1.89. The maximum absolute atomic E-state index is 11.1. The normalized spacial score (nSPS) is 12.4. The molecule has 0 heterocycles. The van der Waals surface area contributed by atoms with Crippen LogP contribution in [0.15, 0.2) is 0 Å². The van der Waals surface area contributed by atoms with Gasteiger partial charge in [0.05, 0.1) is 32.5 Å². The average molecular weight is 276 g/mol. The summed E-state index contributed by atoms with van der Waals surface area (Å²) in [5.41, 5.74) is 0.